The maximum atomic E-state index is 12.0. The fraction of sp³-hybridized carbons (Fsp3) is 0.500. The summed E-state index contributed by atoms with van der Waals surface area (Å²) in [5.41, 5.74) is 0. The molecule has 1 nitrogen and oxygen atoms in total. The number of hydrogen-bond acceptors (Lipinski definition) is 1. The van der Waals surface area contributed by atoms with Crippen LogP contribution in [0.4, 0.5) is 0 Å². The van der Waals surface area contributed by atoms with Crippen LogP contribution in [0.2, 0.25) is 0 Å². The summed E-state index contributed by atoms with van der Waals surface area (Å²) in [6, 6.07) is 10.6. The monoisotopic (exact) mass is 236 g/mol. The number of Topliss-reactive ketones (excluding diaryl/α,β-unsaturated/α-hetero) is 1. The molecule has 2 heteroatoms. The van der Waals surface area contributed by atoms with Crippen molar-refractivity contribution in [1.29, 1.82) is 0 Å². The first kappa shape index (κ1) is 11.7. The molecule has 1 saturated carbocycles. The van der Waals surface area contributed by atoms with Gasteiger partial charge in [0, 0.05) is 6.42 Å². The Morgan fingerprint density at radius 3 is 2.44 bits per heavy atom. The molecule has 0 aromatic heterocycles. The zero-order valence-electron chi connectivity index (χ0n) is 10.1. The average Bonchev–Trinajstić information content (AvgIpc) is 2.30. The fourth-order valence-electron chi connectivity index (χ4n) is 2.51. The highest BCUT2D eigenvalue weighted by molar-refractivity contribution is 8.33. The van der Waals surface area contributed by atoms with Crippen LogP contribution in [-0.4, -0.2) is 23.5 Å². The Balaban J connectivity index is 2.27. The van der Waals surface area contributed by atoms with Crippen LogP contribution in [0, 0.1) is 0 Å². The van der Waals surface area contributed by atoms with Gasteiger partial charge < -0.3 is 0 Å². The third-order valence-electron chi connectivity index (χ3n) is 3.56. The standard InChI is InChI=1S/C14H20OS/c1-16(2,12-8-4-3-5-9-12)14-11-7-6-10-13(14)15/h3-5,8-9,14H,6-7,10-11H2,1-2H3. The van der Waals surface area contributed by atoms with Gasteiger partial charge in [0.15, 0.2) is 0 Å². The molecule has 0 N–H and O–H groups in total. The van der Waals surface area contributed by atoms with E-state index in [2.05, 4.69) is 36.8 Å². The molecule has 1 unspecified atom stereocenters. The van der Waals surface area contributed by atoms with Crippen LogP contribution < -0.4 is 0 Å². The molecular formula is C14H20OS. The predicted molar refractivity (Wildman–Crippen MR) is 71.4 cm³/mol. The van der Waals surface area contributed by atoms with Crippen LogP contribution in [0.5, 0.6) is 0 Å². The van der Waals surface area contributed by atoms with Crippen molar-refractivity contribution >= 4 is 15.8 Å². The van der Waals surface area contributed by atoms with Gasteiger partial charge in [-0.2, -0.15) is 0 Å². The molecule has 0 radical (unpaired) electrons. The minimum Gasteiger partial charge on any atom is -0.299 e. The van der Waals surface area contributed by atoms with E-state index < -0.39 is 10.0 Å². The van der Waals surface area contributed by atoms with Crippen molar-refractivity contribution in [3.8, 4) is 0 Å². The number of carbonyl (C=O) groups is 1. The van der Waals surface area contributed by atoms with E-state index in [0.717, 1.165) is 19.3 Å². The Morgan fingerprint density at radius 1 is 1.12 bits per heavy atom. The van der Waals surface area contributed by atoms with E-state index >= 15 is 0 Å². The molecule has 1 aliphatic carbocycles. The van der Waals surface area contributed by atoms with E-state index in [4.69, 9.17) is 0 Å². The maximum absolute atomic E-state index is 12.0. The van der Waals surface area contributed by atoms with E-state index in [1.165, 1.54) is 11.3 Å². The minimum atomic E-state index is -0.961. The second-order valence-corrected chi connectivity index (χ2v) is 8.77. The second-order valence-electron chi connectivity index (χ2n) is 4.92. The number of carbonyl (C=O) groups excluding carboxylic acids is 1. The van der Waals surface area contributed by atoms with Crippen LogP contribution in [-0.2, 0) is 4.79 Å². The molecular weight excluding hydrogens is 216 g/mol. The molecule has 0 aliphatic heterocycles. The van der Waals surface area contributed by atoms with Crippen molar-refractivity contribution in [3.63, 3.8) is 0 Å². The van der Waals surface area contributed by atoms with Crippen LogP contribution >= 0.6 is 10.0 Å². The predicted octanol–water partition coefficient (Wildman–Crippen LogP) is 3.62. The highest BCUT2D eigenvalue weighted by Crippen LogP contribution is 2.56. The van der Waals surface area contributed by atoms with Gasteiger partial charge >= 0.3 is 0 Å². The van der Waals surface area contributed by atoms with Gasteiger partial charge in [-0.15, -0.1) is 0 Å². The summed E-state index contributed by atoms with van der Waals surface area (Å²) >= 11 is 0. The topological polar surface area (TPSA) is 17.1 Å². The van der Waals surface area contributed by atoms with Gasteiger partial charge in [-0.1, -0.05) is 36.8 Å². The molecule has 16 heavy (non-hydrogen) atoms. The summed E-state index contributed by atoms with van der Waals surface area (Å²) < 4.78 is 0. The largest absolute Gasteiger partial charge is 0.299 e. The van der Waals surface area contributed by atoms with Crippen LogP contribution in [0.15, 0.2) is 35.2 Å². The lowest BCUT2D eigenvalue weighted by molar-refractivity contribution is -0.119. The average molecular weight is 236 g/mol. The van der Waals surface area contributed by atoms with Gasteiger partial charge in [-0.3, -0.25) is 4.79 Å². The van der Waals surface area contributed by atoms with Gasteiger partial charge in [0.05, 0.1) is 5.25 Å². The minimum absolute atomic E-state index is 0.295. The summed E-state index contributed by atoms with van der Waals surface area (Å²) in [5.74, 6) is 0.495. The van der Waals surface area contributed by atoms with Crippen molar-refractivity contribution in [1.82, 2.24) is 0 Å². The van der Waals surface area contributed by atoms with E-state index in [0.29, 0.717) is 11.0 Å². The lowest BCUT2D eigenvalue weighted by atomic mass is 9.99. The van der Waals surface area contributed by atoms with Crippen LogP contribution in [0.3, 0.4) is 0 Å². The molecule has 1 aromatic rings. The van der Waals surface area contributed by atoms with Gasteiger partial charge in [-0.25, -0.2) is 10.0 Å². The molecule has 1 aromatic carbocycles. The van der Waals surface area contributed by atoms with Gasteiger partial charge in [-0.05, 0) is 30.2 Å². The highest BCUT2D eigenvalue weighted by atomic mass is 32.3. The molecule has 0 heterocycles. The molecule has 1 fully saturated rings. The summed E-state index contributed by atoms with van der Waals surface area (Å²) in [6.45, 7) is 0. The lowest BCUT2D eigenvalue weighted by Gasteiger charge is -2.41. The van der Waals surface area contributed by atoms with E-state index in [-0.39, 0.29) is 0 Å². The summed E-state index contributed by atoms with van der Waals surface area (Å²) in [6.07, 6.45) is 8.79. The molecule has 0 bridgehead atoms. The molecule has 0 spiro atoms. The second kappa shape index (κ2) is 4.62. The van der Waals surface area contributed by atoms with Crippen molar-refractivity contribution < 1.29 is 4.79 Å². The summed E-state index contributed by atoms with van der Waals surface area (Å²) in [7, 11) is -0.961. The zero-order chi connectivity index (χ0) is 11.6. The summed E-state index contributed by atoms with van der Waals surface area (Å²) in [4.78, 5) is 13.4. The van der Waals surface area contributed by atoms with Crippen LogP contribution in [0.25, 0.3) is 0 Å². The molecule has 1 aliphatic rings. The molecule has 88 valence electrons. The number of benzene rings is 1. The summed E-state index contributed by atoms with van der Waals surface area (Å²) in [5, 5.41) is 0.295. The normalized spacial score (nSPS) is 23.1. The Hall–Kier alpha value is -0.760. The SMILES string of the molecule is CS(C)(c1ccccc1)C1CCCCC1=O. The first-order valence-corrected chi connectivity index (χ1v) is 8.43. The highest BCUT2D eigenvalue weighted by Gasteiger charge is 2.33. The Kier molecular flexibility index (Phi) is 3.38. The van der Waals surface area contributed by atoms with E-state index in [9.17, 15) is 4.79 Å². The van der Waals surface area contributed by atoms with E-state index in [1.807, 2.05) is 6.07 Å². The van der Waals surface area contributed by atoms with Gasteiger partial charge in [0.2, 0.25) is 0 Å². The quantitative estimate of drug-likeness (QED) is 0.766. The Bertz CT molecular complexity index is 370. The van der Waals surface area contributed by atoms with Gasteiger partial charge in [0.25, 0.3) is 0 Å². The zero-order valence-corrected chi connectivity index (χ0v) is 10.9. The first-order chi connectivity index (χ1) is 7.62. The number of hydrogen-bond donors (Lipinski definition) is 0. The van der Waals surface area contributed by atoms with Crippen LogP contribution in [0.1, 0.15) is 25.7 Å². The van der Waals surface area contributed by atoms with Crippen molar-refractivity contribution in [2.75, 3.05) is 12.5 Å². The smallest absolute Gasteiger partial charge is 0.144 e. The molecule has 0 saturated heterocycles. The Labute approximate surface area is 99.6 Å². The van der Waals surface area contributed by atoms with Crippen molar-refractivity contribution in [2.45, 2.75) is 35.8 Å². The molecule has 2 rings (SSSR count). The van der Waals surface area contributed by atoms with E-state index in [1.54, 1.807) is 0 Å². The first-order valence-electron chi connectivity index (χ1n) is 5.92. The maximum Gasteiger partial charge on any atom is 0.144 e. The van der Waals surface area contributed by atoms with Gasteiger partial charge in [0.1, 0.15) is 5.78 Å². The Morgan fingerprint density at radius 2 is 1.81 bits per heavy atom. The lowest BCUT2D eigenvalue weighted by Crippen LogP contribution is -2.29. The fourth-order valence-corrected chi connectivity index (χ4v) is 5.23. The number of rotatable bonds is 2. The molecule has 0 amide bonds. The molecule has 1 atom stereocenters. The van der Waals surface area contributed by atoms with Crippen molar-refractivity contribution in [3.05, 3.63) is 30.3 Å². The number of ketones is 1. The third kappa shape index (κ3) is 2.17. The van der Waals surface area contributed by atoms with Crippen molar-refractivity contribution in [2.24, 2.45) is 0 Å². The third-order valence-corrected chi connectivity index (χ3v) is 6.97.